The Morgan fingerprint density at radius 1 is 0.977 bits per heavy atom. The molecular weight excluding hydrogens is 588 g/mol. The van der Waals surface area contributed by atoms with Crippen molar-refractivity contribution >= 4 is 34.9 Å². The maximum atomic E-state index is 12.1. The number of halogens is 1. The third-order valence-electron chi connectivity index (χ3n) is 8.02. The quantitative estimate of drug-likeness (QED) is 0.223. The van der Waals surface area contributed by atoms with Gasteiger partial charge in [0.2, 0.25) is 0 Å². The summed E-state index contributed by atoms with van der Waals surface area (Å²) in [5, 5.41) is 0.641. The van der Waals surface area contributed by atoms with Gasteiger partial charge in [-0.25, -0.2) is 0 Å². The van der Waals surface area contributed by atoms with Gasteiger partial charge in [-0.15, -0.1) is 11.3 Å². The normalized spacial score (nSPS) is 25.6. The van der Waals surface area contributed by atoms with E-state index in [9.17, 15) is 9.59 Å². The lowest BCUT2D eigenvalue weighted by Crippen LogP contribution is -2.52. The van der Waals surface area contributed by atoms with Crippen LogP contribution in [-0.2, 0) is 35.0 Å². The molecule has 2 saturated heterocycles. The fourth-order valence-corrected chi connectivity index (χ4v) is 7.09. The lowest BCUT2D eigenvalue weighted by molar-refractivity contribution is -0.225. The Morgan fingerprint density at radius 2 is 1.72 bits per heavy atom. The van der Waals surface area contributed by atoms with Gasteiger partial charge in [-0.05, 0) is 78.4 Å². The molecule has 0 bridgehead atoms. The minimum atomic E-state index is -0.779. The zero-order valence-electron chi connectivity index (χ0n) is 25.0. The van der Waals surface area contributed by atoms with Crippen LogP contribution in [0.3, 0.4) is 0 Å². The molecule has 230 valence electrons. The molecule has 0 amide bonds. The van der Waals surface area contributed by atoms with E-state index in [1.165, 1.54) is 13.8 Å². The van der Waals surface area contributed by atoms with E-state index < -0.39 is 30.3 Å². The highest BCUT2D eigenvalue weighted by molar-refractivity contribution is 7.15. The van der Waals surface area contributed by atoms with Crippen LogP contribution in [-0.4, -0.2) is 43.1 Å². The van der Waals surface area contributed by atoms with E-state index in [2.05, 4.69) is 24.3 Å². The van der Waals surface area contributed by atoms with Crippen molar-refractivity contribution in [3.8, 4) is 16.2 Å². The number of thiophene rings is 1. The Morgan fingerprint density at radius 3 is 2.40 bits per heavy atom. The van der Waals surface area contributed by atoms with E-state index in [0.29, 0.717) is 11.4 Å². The zero-order valence-corrected chi connectivity index (χ0v) is 26.6. The van der Waals surface area contributed by atoms with Crippen LogP contribution in [0.15, 0.2) is 54.6 Å². The smallest absolute Gasteiger partial charge is 0.303 e. The molecule has 0 spiro atoms. The minimum absolute atomic E-state index is 0.146. The Bertz CT molecular complexity index is 1400. The Hall–Kier alpha value is -2.91. The molecular formula is C34H39ClO7S. The molecule has 2 aromatic carbocycles. The van der Waals surface area contributed by atoms with Crippen molar-refractivity contribution in [2.24, 2.45) is 5.92 Å². The van der Waals surface area contributed by atoms with Crippen molar-refractivity contribution < 1.29 is 33.3 Å². The number of rotatable bonds is 9. The van der Waals surface area contributed by atoms with Crippen LogP contribution >= 0.6 is 22.9 Å². The number of hydrogen-bond acceptors (Lipinski definition) is 8. The second kappa shape index (κ2) is 14.2. The van der Waals surface area contributed by atoms with Crippen molar-refractivity contribution in [1.82, 2.24) is 0 Å². The predicted molar refractivity (Wildman–Crippen MR) is 166 cm³/mol. The molecule has 3 aromatic rings. The highest BCUT2D eigenvalue weighted by Gasteiger charge is 2.47. The molecule has 6 atom stereocenters. The number of ether oxygens (including phenoxy) is 5. The molecule has 2 aliphatic heterocycles. The summed E-state index contributed by atoms with van der Waals surface area (Å²) in [4.78, 5) is 26.4. The van der Waals surface area contributed by atoms with E-state index >= 15 is 0 Å². The molecule has 1 aromatic heterocycles. The van der Waals surface area contributed by atoms with Crippen LogP contribution < -0.4 is 4.74 Å². The molecule has 9 heteroatoms. The summed E-state index contributed by atoms with van der Waals surface area (Å²) in [5.74, 6) is -0.217. The molecule has 0 N–H and O–H groups in total. The van der Waals surface area contributed by atoms with Gasteiger partial charge in [0, 0.05) is 47.4 Å². The number of benzene rings is 2. The second-order valence-electron chi connectivity index (χ2n) is 11.2. The molecule has 2 fully saturated rings. The summed E-state index contributed by atoms with van der Waals surface area (Å²) in [6.07, 6.45) is 2.13. The lowest BCUT2D eigenvalue weighted by Gasteiger charge is -2.44. The van der Waals surface area contributed by atoms with Crippen molar-refractivity contribution in [2.45, 2.75) is 90.5 Å². The highest BCUT2D eigenvalue weighted by Crippen LogP contribution is 2.41. The van der Waals surface area contributed by atoms with Gasteiger partial charge in [-0.1, -0.05) is 37.6 Å². The molecule has 1 unspecified atom stereocenters. The Kier molecular flexibility index (Phi) is 10.4. The number of carbonyl (C=O) groups is 2. The topological polar surface area (TPSA) is 80.3 Å². The van der Waals surface area contributed by atoms with E-state index in [-0.39, 0.29) is 18.3 Å². The summed E-state index contributed by atoms with van der Waals surface area (Å²) in [6.45, 7) is 7.46. The first-order chi connectivity index (χ1) is 20.7. The van der Waals surface area contributed by atoms with E-state index in [4.69, 9.17) is 35.3 Å². The average Bonchev–Trinajstić information content (AvgIpc) is 3.45. The molecule has 0 saturated carbocycles. The van der Waals surface area contributed by atoms with Gasteiger partial charge in [0.15, 0.2) is 12.4 Å². The summed E-state index contributed by atoms with van der Waals surface area (Å²) in [5.41, 5.74) is 2.87. The summed E-state index contributed by atoms with van der Waals surface area (Å²) in [6, 6.07) is 18.1. The summed E-state index contributed by atoms with van der Waals surface area (Å²) in [7, 11) is 0. The maximum absolute atomic E-state index is 12.1. The van der Waals surface area contributed by atoms with Gasteiger partial charge in [0.05, 0.1) is 12.7 Å². The first kappa shape index (κ1) is 31.5. The van der Waals surface area contributed by atoms with Crippen molar-refractivity contribution in [2.75, 3.05) is 6.61 Å². The SMILES string of the molecule is CC[C@H]1O[C@@H](c2ccc(Cl)c(Cc3ccc(-c4ccc(OC5CCCCO5)cc4)s3)c2)[C@H](OC(C)=O)[C@@H](OC(C)=O)[C@@H]1C. The first-order valence-electron chi connectivity index (χ1n) is 15.0. The number of hydrogen-bond donors (Lipinski definition) is 0. The zero-order chi connectivity index (χ0) is 30.5. The van der Waals surface area contributed by atoms with Gasteiger partial charge in [-0.3, -0.25) is 9.59 Å². The van der Waals surface area contributed by atoms with Crippen LogP contribution in [0.1, 0.15) is 75.5 Å². The van der Waals surface area contributed by atoms with Gasteiger partial charge in [0.25, 0.3) is 0 Å². The molecule has 0 aliphatic carbocycles. The fraction of sp³-hybridized carbons (Fsp3) is 0.471. The highest BCUT2D eigenvalue weighted by atomic mass is 35.5. The first-order valence-corrected chi connectivity index (χ1v) is 16.2. The molecule has 0 radical (unpaired) electrons. The van der Waals surface area contributed by atoms with Crippen LogP contribution in [0.25, 0.3) is 10.4 Å². The molecule has 5 rings (SSSR count). The van der Waals surface area contributed by atoms with Crippen molar-refractivity contribution in [3.05, 3.63) is 75.6 Å². The molecule has 43 heavy (non-hydrogen) atoms. The summed E-state index contributed by atoms with van der Waals surface area (Å²) < 4.78 is 29.6. The molecule has 7 nitrogen and oxygen atoms in total. The van der Waals surface area contributed by atoms with Crippen molar-refractivity contribution in [1.29, 1.82) is 0 Å². The summed E-state index contributed by atoms with van der Waals surface area (Å²) >= 11 is 8.40. The van der Waals surface area contributed by atoms with Crippen molar-refractivity contribution in [3.63, 3.8) is 0 Å². The van der Waals surface area contributed by atoms with E-state index in [1.54, 1.807) is 11.3 Å². The Labute approximate surface area is 262 Å². The third-order valence-corrected chi connectivity index (χ3v) is 9.53. The second-order valence-corrected chi connectivity index (χ2v) is 12.8. The van der Waals surface area contributed by atoms with E-state index in [0.717, 1.165) is 64.5 Å². The van der Waals surface area contributed by atoms with Gasteiger partial charge >= 0.3 is 11.9 Å². The monoisotopic (exact) mass is 626 g/mol. The van der Waals surface area contributed by atoms with Gasteiger partial charge in [-0.2, -0.15) is 0 Å². The van der Waals surface area contributed by atoms with Crippen LogP contribution in [0.2, 0.25) is 5.02 Å². The molecule has 2 aliphatic rings. The van der Waals surface area contributed by atoms with Crippen LogP contribution in [0.5, 0.6) is 5.75 Å². The Balaban J connectivity index is 1.34. The third kappa shape index (κ3) is 7.79. The fourth-order valence-electron chi connectivity index (χ4n) is 5.87. The van der Waals surface area contributed by atoms with Gasteiger partial charge < -0.3 is 23.7 Å². The standard InChI is InChI=1S/C34H39ClO7S/c1-5-29-20(2)32(39-21(3)36)34(40-22(4)37)33(42-29)24-11-15-28(35)25(18-24)19-27-14-16-30(43-27)23-9-12-26(13-10-23)41-31-8-6-7-17-38-31/h9-16,18,20,29,31-34H,5-8,17,19H2,1-4H3/t20-,29-,31?,32+,33+,34-/m1/s1. The van der Waals surface area contributed by atoms with E-state index in [1.807, 2.05) is 44.2 Å². The maximum Gasteiger partial charge on any atom is 0.303 e. The van der Waals surface area contributed by atoms with Crippen LogP contribution in [0.4, 0.5) is 0 Å². The molecule has 3 heterocycles. The predicted octanol–water partition coefficient (Wildman–Crippen LogP) is 7.91. The number of carbonyl (C=O) groups excluding carboxylic acids is 2. The lowest BCUT2D eigenvalue weighted by atomic mass is 9.84. The average molecular weight is 627 g/mol. The number of esters is 2. The minimum Gasteiger partial charge on any atom is -0.465 e. The van der Waals surface area contributed by atoms with Crippen LogP contribution in [0, 0.1) is 5.92 Å². The van der Waals surface area contributed by atoms with Gasteiger partial charge in [0.1, 0.15) is 18.0 Å². The largest absolute Gasteiger partial charge is 0.465 e.